The van der Waals surface area contributed by atoms with Gasteiger partial charge in [0.25, 0.3) is 0 Å². The number of carbonyl (C=O) groups is 1. The first-order valence-electron chi connectivity index (χ1n) is 9.02. The first-order chi connectivity index (χ1) is 12.5. The van der Waals surface area contributed by atoms with Crippen molar-refractivity contribution in [2.45, 2.75) is 58.2 Å². The molecular formula is C20H23FN2O3. The van der Waals surface area contributed by atoms with Crippen LogP contribution in [0.4, 0.5) is 4.39 Å². The predicted molar refractivity (Wildman–Crippen MR) is 95.1 cm³/mol. The van der Waals surface area contributed by atoms with E-state index in [1.807, 2.05) is 13.8 Å². The molecule has 0 saturated heterocycles. The molecule has 2 aromatic rings. The summed E-state index contributed by atoms with van der Waals surface area (Å²) in [4.78, 5) is 15.4. The van der Waals surface area contributed by atoms with Crippen LogP contribution in [0.1, 0.15) is 56.9 Å². The van der Waals surface area contributed by atoms with Gasteiger partial charge in [0.1, 0.15) is 11.4 Å². The van der Waals surface area contributed by atoms with Gasteiger partial charge in [-0.2, -0.15) is 5.26 Å². The summed E-state index contributed by atoms with van der Waals surface area (Å²) in [6.07, 6.45) is 1.84. The van der Waals surface area contributed by atoms with Gasteiger partial charge in [0.2, 0.25) is 0 Å². The van der Waals surface area contributed by atoms with Gasteiger partial charge in [-0.05, 0) is 38.0 Å². The Kier molecular flexibility index (Phi) is 5.01. The quantitative estimate of drug-likeness (QED) is 0.817. The molecule has 5 nitrogen and oxygen atoms in total. The standard InChI is InChI=1S/C20H23FN2O3/c1-4-8-20(10-16(24)25-5-2)19-14(9-12(3)26-20)17-13(11-22)6-7-15(21)18(17)23-19/h6-7,12,23H,4-5,8-10H2,1-3H3. The van der Waals surface area contributed by atoms with Crippen molar-refractivity contribution in [3.05, 3.63) is 34.8 Å². The van der Waals surface area contributed by atoms with Crippen molar-refractivity contribution in [1.82, 2.24) is 4.98 Å². The van der Waals surface area contributed by atoms with Crippen molar-refractivity contribution in [2.75, 3.05) is 6.61 Å². The molecule has 1 aromatic carbocycles. The number of aromatic amines is 1. The van der Waals surface area contributed by atoms with E-state index in [4.69, 9.17) is 9.47 Å². The molecule has 0 spiro atoms. The Morgan fingerprint density at radius 2 is 2.27 bits per heavy atom. The summed E-state index contributed by atoms with van der Waals surface area (Å²) in [5.74, 6) is -0.761. The third kappa shape index (κ3) is 2.97. The molecule has 1 aliphatic heterocycles. The Labute approximate surface area is 152 Å². The molecule has 0 fully saturated rings. The van der Waals surface area contributed by atoms with Crippen LogP contribution in [0, 0.1) is 17.1 Å². The molecule has 1 aromatic heterocycles. The van der Waals surface area contributed by atoms with Crippen LogP contribution >= 0.6 is 0 Å². The summed E-state index contributed by atoms with van der Waals surface area (Å²) in [7, 11) is 0. The topological polar surface area (TPSA) is 75.1 Å². The predicted octanol–water partition coefficient (Wildman–Crippen LogP) is 4.09. The molecule has 0 bridgehead atoms. The zero-order chi connectivity index (χ0) is 18.9. The van der Waals surface area contributed by atoms with E-state index in [1.165, 1.54) is 12.1 Å². The number of ether oxygens (including phenoxy) is 2. The summed E-state index contributed by atoms with van der Waals surface area (Å²) in [5.41, 5.74) is 1.40. The highest BCUT2D eigenvalue weighted by Crippen LogP contribution is 2.45. The number of halogens is 1. The van der Waals surface area contributed by atoms with Crippen LogP contribution in [0.15, 0.2) is 12.1 Å². The van der Waals surface area contributed by atoms with E-state index in [0.717, 1.165) is 12.0 Å². The van der Waals surface area contributed by atoms with Crippen molar-refractivity contribution >= 4 is 16.9 Å². The van der Waals surface area contributed by atoms with Gasteiger partial charge >= 0.3 is 5.97 Å². The Morgan fingerprint density at radius 3 is 2.92 bits per heavy atom. The average molecular weight is 358 g/mol. The molecule has 6 heteroatoms. The summed E-state index contributed by atoms with van der Waals surface area (Å²) < 4.78 is 25.8. The summed E-state index contributed by atoms with van der Waals surface area (Å²) >= 11 is 0. The lowest BCUT2D eigenvalue weighted by Crippen LogP contribution is -2.41. The fourth-order valence-corrected chi connectivity index (χ4v) is 4.05. The zero-order valence-electron chi connectivity index (χ0n) is 15.3. The molecule has 1 aliphatic rings. The second-order valence-electron chi connectivity index (χ2n) is 6.79. The van der Waals surface area contributed by atoms with E-state index >= 15 is 0 Å². The third-order valence-corrected chi connectivity index (χ3v) is 4.89. The molecule has 2 heterocycles. The number of carbonyl (C=O) groups excluding carboxylic acids is 1. The van der Waals surface area contributed by atoms with Gasteiger partial charge in [-0.15, -0.1) is 0 Å². The van der Waals surface area contributed by atoms with Crippen LogP contribution in [-0.4, -0.2) is 23.7 Å². The van der Waals surface area contributed by atoms with Gasteiger partial charge in [-0.3, -0.25) is 4.79 Å². The number of nitrogens with zero attached hydrogens (tertiary/aromatic N) is 1. The fourth-order valence-electron chi connectivity index (χ4n) is 4.05. The summed E-state index contributed by atoms with van der Waals surface area (Å²) in [5, 5.41) is 10.1. The van der Waals surface area contributed by atoms with Crippen LogP contribution in [0.2, 0.25) is 0 Å². The van der Waals surface area contributed by atoms with Gasteiger partial charge in [0.15, 0.2) is 0 Å². The first kappa shape index (κ1) is 18.4. The minimum absolute atomic E-state index is 0.0579. The van der Waals surface area contributed by atoms with E-state index in [2.05, 4.69) is 11.1 Å². The molecule has 3 rings (SSSR count). The van der Waals surface area contributed by atoms with Gasteiger partial charge in [0, 0.05) is 11.8 Å². The van der Waals surface area contributed by atoms with Crippen molar-refractivity contribution in [1.29, 1.82) is 5.26 Å². The highest BCUT2D eigenvalue weighted by Gasteiger charge is 2.44. The lowest BCUT2D eigenvalue weighted by atomic mass is 9.83. The van der Waals surface area contributed by atoms with Crippen molar-refractivity contribution < 1.29 is 18.7 Å². The Hall–Kier alpha value is -2.39. The molecule has 26 heavy (non-hydrogen) atoms. The van der Waals surface area contributed by atoms with Crippen molar-refractivity contribution in [2.24, 2.45) is 0 Å². The van der Waals surface area contributed by atoms with Gasteiger partial charge < -0.3 is 14.5 Å². The molecule has 138 valence electrons. The highest BCUT2D eigenvalue weighted by molar-refractivity contribution is 5.91. The SMILES string of the molecule is CCCC1(CC(=O)OCC)OC(C)Cc2c1[nH]c1c(F)ccc(C#N)c21. The minimum Gasteiger partial charge on any atom is -0.466 e. The Bertz CT molecular complexity index is 883. The maximum absolute atomic E-state index is 14.4. The molecule has 1 N–H and O–H groups in total. The highest BCUT2D eigenvalue weighted by atomic mass is 19.1. The first-order valence-corrected chi connectivity index (χ1v) is 9.02. The number of esters is 1. The minimum atomic E-state index is -0.897. The van der Waals surface area contributed by atoms with Crippen LogP contribution in [0.5, 0.6) is 0 Å². The Balaban J connectivity index is 2.24. The lowest BCUT2D eigenvalue weighted by molar-refractivity contribution is -0.161. The molecular weight excluding hydrogens is 335 g/mol. The summed E-state index contributed by atoms with van der Waals surface area (Å²) in [6.45, 7) is 6.00. The fraction of sp³-hybridized carbons (Fsp3) is 0.500. The number of fused-ring (bicyclic) bond motifs is 3. The van der Waals surface area contributed by atoms with Crippen LogP contribution < -0.4 is 0 Å². The largest absolute Gasteiger partial charge is 0.466 e. The van der Waals surface area contributed by atoms with Gasteiger partial charge in [0.05, 0.1) is 42.0 Å². The normalized spacial score (nSPS) is 22.0. The van der Waals surface area contributed by atoms with Crippen LogP contribution in [0.25, 0.3) is 10.9 Å². The third-order valence-electron chi connectivity index (χ3n) is 4.89. The van der Waals surface area contributed by atoms with E-state index in [0.29, 0.717) is 41.6 Å². The number of rotatable bonds is 5. The van der Waals surface area contributed by atoms with Crippen LogP contribution in [-0.2, 0) is 26.3 Å². The lowest BCUT2D eigenvalue weighted by Gasteiger charge is -2.40. The second kappa shape index (κ2) is 7.08. The second-order valence-corrected chi connectivity index (χ2v) is 6.79. The van der Waals surface area contributed by atoms with E-state index in [-0.39, 0.29) is 18.5 Å². The maximum Gasteiger partial charge on any atom is 0.309 e. The number of nitriles is 1. The number of benzene rings is 1. The zero-order valence-corrected chi connectivity index (χ0v) is 15.3. The van der Waals surface area contributed by atoms with Crippen LogP contribution in [0.3, 0.4) is 0 Å². The Morgan fingerprint density at radius 1 is 1.50 bits per heavy atom. The molecule has 0 amide bonds. The molecule has 0 radical (unpaired) electrons. The number of hydrogen-bond acceptors (Lipinski definition) is 4. The average Bonchev–Trinajstić information content (AvgIpc) is 2.97. The number of H-pyrrole nitrogens is 1. The van der Waals surface area contributed by atoms with E-state index in [9.17, 15) is 14.4 Å². The smallest absolute Gasteiger partial charge is 0.309 e. The van der Waals surface area contributed by atoms with Gasteiger partial charge in [-0.1, -0.05) is 13.3 Å². The van der Waals surface area contributed by atoms with Crippen molar-refractivity contribution in [3.63, 3.8) is 0 Å². The van der Waals surface area contributed by atoms with E-state index < -0.39 is 11.4 Å². The van der Waals surface area contributed by atoms with Crippen molar-refractivity contribution in [3.8, 4) is 6.07 Å². The maximum atomic E-state index is 14.4. The number of hydrogen-bond donors (Lipinski definition) is 1. The molecule has 2 unspecified atom stereocenters. The molecule has 0 saturated carbocycles. The van der Waals surface area contributed by atoms with E-state index in [1.54, 1.807) is 6.92 Å². The summed E-state index contributed by atoms with van der Waals surface area (Å²) in [6, 6.07) is 4.94. The number of nitrogens with one attached hydrogen (secondary N) is 1. The van der Waals surface area contributed by atoms with Gasteiger partial charge in [-0.25, -0.2) is 4.39 Å². The monoisotopic (exact) mass is 358 g/mol. The molecule has 2 atom stereocenters. The number of aromatic nitrogens is 1. The molecule has 0 aliphatic carbocycles.